The Bertz CT molecular complexity index is 706. The van der Waals surface area contributed by atoms with Crippen LogP contribution in [0.4, 0.5) is 5.69 Å². The van der Waals surface area contributed by atoms with Crippen LogP contribution >= 0.6 is 0 Å². The maximum Gasteiger partial charge on any atom is 0.238 e. The second kappa shape index (κ2) is 10.4. The minimum absolute atomic E-state index is 0.0478. The third-order valence-electron chi connectivity index (χ3n) is 6.29. The maximum absolute atomic E-state index is 12.8. The van der Waals surface area contributed by atoms with Gasteiger partial charge in [0.15, 0.2) is 0 Å². The first kappa shape index (κ1) is 22.8. The van der Waals surface area contributed by atoms with Crippen molar-refractivity contribution >= 4 is 17.5 Å². The number of likely N-dealkylation sites (tertiary alicyclic amines) is 1. The van der Waals surface area contributed by atoms with E-state index >= 15 is 0 Å². The summed E-state index contributed by atoms with van der Waals surface area (Å²) in [6.07, 6.45) is 2.26. The van der Waals surface area contributed by atoms with Gasteiger partial charge in [0.2, 0.25) is 11.8 Å². The molecule has 0 aromatic heterocycles. The third kappa shape index (κ3) is 5.82. The van der Waals surface area contributed by atoms with Crippen LogP contribution in [-0.4, -0.2) is 78.9 Å². The van der Waals surface area contributed by atoms with Crippen molar-refractivity contribution in [3.8, 4) is 0 Å². The summed E-state index contributed by atoms with van der Waals surface area (Å²) in [4.78, 5) is 31.6. The average molecular weight is 415 g/mol. The van der Waals surface area contributed by atoms with Gasteiger partial charge in [-0.2, -0.15) is 0 Å². The Hall–Kier alpha value is -1.92. The van der Waals surface area contributed by atoms with Crippen LogP contribution in [0.3, 0.4) is 0 Å². The van der Waals surface area contributed by atoms with Gasteiger partial charge in [-0.1, -0.05) is 45.9 Å². The molecule has 3 rings (SSSR count). The highest BCUT2D eigenvalue weighted by Crippen LogP contribution is 2.32. The lowest BCUT2D eigenvalue weighted by Gasteiger charge is -2.34. The fourth-order valence-corrected chi connectivity index (χ4v) is 4.44. The molecular weight excluding hydrogens is 376 g/mol. The quantitative estimate of drug-likeness (QED) is 0.745. The molecular formula is C24H38N4O2. The Kier molecular flexibility index (Phi) is 7.89. The smallest absolute Gasteiger partial charge is 0.238 e. The zero-order chi connectivity index (χ0) is 21.7. The number of anilines is 1. The molecule has 0 spiro atoms. The minimum atomic E-state index is 0.0478. The van der Waals surface area contributed by atoms with Crippen LogP contribution in [0, 0.1) is 0 Å². The van der Waals surface area contributed by atoms with E-state index in [1.54, 1.807) is 0 Å². The van der Waals surface area contributed by atoms with E-state index in [0.29, 0.717) is 24.9 Å². The molecule has 2 aliphatic heterocycles. The summed E-state index contributed by atoms with van der Waals surface area (Å²) in [6, 6.07) is 6.31. The highest BCUT2D eigenvalue weighted by Gasteiger charge is 2.24. The molecule has 2 heterocycles. The number of benzene rings is 1. The van der Waals surface area contributed by atoms with Crippen molar-refractivity contribution < 1.29 is 9.59 Å². The lowest BCUT2D eigenvalue weighted by Crippen LogP contribution is -2.51. The highest BCUT2D eigenvalue weighted by molar-refractivity contribution is 5.94. The lowest BCUT2D eigenvalue weighted by atomic mass is 9.92. The van der Waals surface area contributed by atoms with Crippen molar-refractivity contribution in [3.63, 3.8) is 0 Å². The average Bonchev–Trinajstić information content (AvgIpc) is 3.24. The number of hydrogen-bond donors (Lipinski definition) is 1. The molecule has 30 heavy (non-hydrogen) atoms. The largest absolute Gasteiger partial charge is 0.342 e. The number of amides is 2. The van der Waals surface area contributed by atoms with Crippen LogP contribution in [0.25, 0.3) is 0 Å². The molecule has 0 radical (unpaired) electrons. The van der Waals surface area contributed by atoms with Crippen molar-refractivity contribution in [2.24, 2.45) is 0 Å². The number of nitrogens with one attached hydrogen (secondary N) is 1. The molecule has 2 saturated heterocycles. The lowest BCUT2D eigenvalue weighted by molar-refractivity contribution is -0.132. The van der Waals surface area contributed by atoms with E-state index in [2.05, 4.69) is 61.0 Å². The monoisotopic (exact) mass is 414 g/mol. The molecule has 1 aromatic rings. The molecule has 1 N–H and O–H groups in total. The van der Waals surface area contributed by atoms with Gasteiger partial charge in [0.05, 0.1) is 13.1 Å². The van der Waals surface area contributed by atoms with Gasteiger partial charge < -0.3 is 10.2 Å². The van der Waals surface area contributed by atoms with E-state index in [4.69, 9.17) is 0 Å². The van der Waals surface area contributed by atoms with Gasteiger partial charge in [-0.05, 0) is 35.8 Å². The summed E-state index contributed by atoms with van der Waals surface area (Å²) in [5.41, 5.74) is 3.38. The van der Waals surface area contributed by atoms with Gasteiger partial charge in [-0.15, -0.1) is 0 Å². The Morgan fingerprint density at radius 2 is 1.33 bits per heavy atom. The number of piperazine rings is 1. The van der Waals surface area contributed by atoms with E-state index in [1.165, 1.54) is 11.1 Å². The number of para-hydroxylation sites is 1. The van der Waals surface area contributed by atoms with Gasteiger partial charge in [0.25, 0.3) is 0 Å². The first-order valence-electron chi connectivity index (χ1n) is 11.5. The van der Waals surface area contributed by atoms with Crippen LogP contribution in [0.2, 0.25) is 0 Å². The second-order valence-electron chi connectivity index (χ2n) is 9.31. The van der Waals surface area contributed by atoms with E-state index in [1.807, 2.05) is 4.90 Å². The van der Waals surface area contributed by atoms with E-state index < -0.39 is 0 Å². The fraction of sp³-hybridized carbons (Fsp3) is 0.667. The van der Waals surface area contributed by atoms with Crippen molar-refractivity contribution in [1.82, 2.24) is 14.7 Å². The Morgan fingerprint density at radius 3 is 1.83 bits per heavy atom. The van der Waals surface area contributed by atoms with Gasteiger partial charge in [-0.3, -0.25) is 19.4 Å². The third-order valence-corrected chi connectivity index (χ3v) is 6.29. The number of nitrogens with zero attached hydrogens (tertiary/aromatic N) is 3. The van der Waals surface area contributed by atoms with Gasteiger partial charge >= 0.3 is 0 Å². The molecule has 0 atom stereocenters. The van der Waals surface area contributed by atoms with Crippen molar-refractivity contribution in [1.29, 1.82) is 0 Å². The molecule has 0 unspecified atom stereocenters. The van der Waals surface area contributed by atoms with Gasteiger partial charge in [0.1, 0.15) is 0 Å². The van der Waals surface area contributed by atoms with Crippen LogP contribution in [-0.2, 0) is 9.59 Å². The predicted octanol–water partition coefficient (Wildman–Crippen LogP) is 3.11. The summed E-state index contributed by atoms with van der Waals surface area (Å²) < 4.78 is 0. The summed E-state index contributed by atoms with van der Waals surface area (Å²) >= 11 is 0. The van der Waals surface area contributed by atoms with Crippen LogP contribution < -0.4 is 5.32 Å². The second-order valence-corrected chi connectivity index (χ2v) is 9.31. The zero-order valence-corrected chi connectivity index (χ0v) is 19.1. The predicted molar refractivity (Wildman–Crippen MR) is 122 cm³/mol. The van der Waals surface area contributed by atoms with Crippen LogP contribution in [0.5, 0.6) is 0 Å². The molecule has 2 amide bonds. The standard InChI is InChI=1S/C24H38N4O2/c1-18(2)20-8-7-9-21(19(3)4)24(20)25-22(29)16-26-12-14-27(15-13-26)17-23(30)28-10-5-6-11-28/h7-9,18-19H,5-6,10-17H2,1-4H3,(H,25,29). The number of rotatable bonds is 7. The minimum Gasteiger partial charge on any atom is -0.342 e. The van der Waals surface area contributed by atoms with Crippen LogP contribution in [0.15, 0.2) is 18.2 Å². The Labute approximate surface area is 181 Å². The normalized spacial score (nSPS) is 18.4. The van der Waals surface area contributed by atoms with E-state index in [0.717, 1.165) is 57.8 Å². The van der Waals surface area contributed by atoms with Gasteiger partial charge in [0, 0.05) is 45.0 Å². The molecule has 0 bridgehead atoms. The molecule has 0 saturated carbocycles. The van der Waals surface area contributed by atoms with Crippen molar-refractivity contribution in [3.05, 3.63) is 29.3 Å². The molecule has 1 aromatic carbocycles. The number of carbonyl (C=O) groups is 2. The summed E-state index contributed by atoms with van der Waals surface area (Å²) in [6.45, 7) is 14.7. The molecule has 2 fully saturated rings. The SMILES string of the molecule is CC(C)c1cccc(C(C)C)c1NC(=O)CN1CCN(CC(=O)N2CCCC2)CC1. The number of carbonyl (C=O) groups excluding carboxylic acids is 2. The van der Waals surface area contributed by atoms with Crippen LogP contribution in [0.1, 0.15) is 63.5 Å². The van der Waals surface area contributed by atoms with Crippen molar-refractivity contribution in [2.75, 3.05) is 57.7 Å². The highest BCUT2D eigenvalue weighted by atomic mass is 16.2. The first-order valence-corrected chi connectivity index (χ1v) is 11.5. The van der Waals surface area contributed by atoms with Crippen molar-refractivity contribution in [2.45, 2.75) is 52.4 Å². The molecule has 6 heteroatoms. The van der Waals surface area contributed by atoms with E-state index in [-0.39, 0.29) is 11.8 Å². The van der Waals surface area contributed by atoms with Gasteiger partial charge in [-0.25, -0.2) is 0 Å². The van der Waals surface area contributed by atoms with E-state index in [9.17, 15) is 9.59 Å². The topological polar surface area (TPSA) is 55.9 Å². The maximum atomic E-state index is 12.8. The molecule has 2 aliphatic rings. The molecule has 0 aliphatic carbocycles. The zero-order valence-electron chi connectivity index (χ0n) is 19.1. The summed E-state index contributed by atoms with van der Waals surface area (Å²) in [5.74, 6) is 1.02. The Morgan fingerprint density at radius 1 is 0.833 bits per heavy atom. The molecule has 166 valence electrons. The summed E-state index contributed by atoms with van der Waals surface area (Å²) in [7, 11) is 0. The summed E-state index contributed by atoms with van der Waals surface area (Å²) in [5, 5.41) is 3.21. The number of hydrogen-bond acceptors (Lipinski definition) is 4. The molecule has 6 nitrogen and oxygen atoms in total. The fourth-order valence-electron chi connectivity index (χ4n) is 4.44. The Balaban J connectivity index is 1.51. The first-order chi connectivity index (χ1) is 14.3.